The lowest BCUT2D eigenvalue weighted by Gasteiger charge is -2.09. The van der Waals surface area contributed by atoms with Gasteiger partial charge in [-0.15, -0.1) is 18.5 Å². The van der Waals surface area contributed by atoms with Gasteiger partial charge < -0.3 is 10.4 Å². The van der Waals surface area contributed by atoms with Crippen LogP contribution in [0.3, 0.4) is 0 Å². The molecule has 146 valence electrons. The maximum absolute atomic E-state index is 12.0. The Hall–Kier alpha value is -2.21. The van der Waals surface area contributed by atoms with Gasteiger partial charge in [0.15, 0.2) is 0 Å². The second-order valence-electron chi connectivity index (χ2n) is 6.66. The van der Waals surface area contributed by atoms with Gasteiger partial charge in [0.05, 0.1) is 0 Å². The van der Waals surface area contributed by atoms with Gasteiger partial charge in [-0.3, -0.25) is 4.79 Å². The van der Waals surface area contributed by atoms with Crippen molar-refractivity contribution in [3.05, 3.63) is 89.0 Å². The van der Waals surface area contributed by atoms with Crippen molar-refractivity contribution in [1.82, 2.24) is 0 Å². The number of hydrogen-bond donors (Lipinski definition) is 2. The zero-order valence-corrected chi connectivity index (χ0v) is 18.4. The van der Waals surface area contributed by atoms with E-state index < -0.39 is 0 Å². The highest BCUT2D eigenvalue weighted by Gasteiger charge is 2.05. The zero-order valence-electron chi connectivity index (χ0n) is 16.1. The highest BCUT2D eigenvalue weighted by atomic mass is 31.0. The van der Waals surface area contributed by atoms with Gasteiger partial charge in [0, 0.05) is 12.1 Å². The molecule has 2 atom stereocenters. The van der Waals surface area contributed by atoms with Crippen LogP contribution < -0.4 is 5.32 Å². The fraction of sp³-hybridized carbons (Fsp3) is 0.174. The van der Waals surface area contributed by atoms with Gasteiger partial charge in [-0.2, -0.15) is 0 Å². The smallest absolute Gasteiger partial charge is 0.224 e. The minimum Gasteiger partial charge on any atom is -0.508 e. The molecule has 2 unspecified atom stereocenters. The van der Waals surface area contributed by atoms with Gasteiger partial charge in [0.25, 0.3) is 0 Å². The van der Waals surface area contributed by atoms with Crippen LogP contribution in [0, 0.1) is 0 Å². The molecule has 0 saturated carbocycles. The number of carbonyl (C=O) groups is 1. The molecule has 2 rings (SSSR count). The molecule has 2 aromatic rings. The Balaban J connectivity index is 1.89. The average molecular weight is 411 g/mol. The SMILES string of the molecule is C=C(P)/C(=C\C=C(/C)P)c1ccc(CCCC(=O)Nc2ccc(O)cc2)cc1. The molecule has 5 heteroatoms. The summed E-state index contributed by atoms with van der Waals surface area (Å²) >= 11 is 0. The van der Waals surface area contributed by atoms with Crippen LogP contribution in [0.5, 0.6) is 5.75 Å². The summed E-state index contributed by atoms with van der Waals surface area (Å²) in [5.74, 6) is 0.163. The molecule has 0 saturated heterocycles. The summed E-state index contributed by atoms with van der Waals surface area (Å²) in [4.78, 5) is 12.0. The Morgan fingerprint density at radius 3 is 2.29 bits per heavy atom. The molecule has 2 aromatic carbocycles. The number of phenolic OH excluding ortho intramolecular Hbond substituents is 1. The first kappa shape index (κ1) is 22.1. The molecule has 3 nitrogen and oxygen atoms in total. The summed E-state index contributed by atoms with van der Waals surface area (Å²) in [5.41, 5.74) is 4.11. The fourth-order valence-electron chi connectivity index (χ4n) is 2.68. The molecule has 0 heterocycles. The van der Waals surface area contributed by atoms with E-state index in [9.17, 15) is 9.90 Å². The third-order valence-electron chi connectivity index (χ3n) is 4.14. The number of rotatable bonds is 8. The van der Waals surface area contributed by atoms with Crippen molar-refractivity contribution in [3.63, 3.8) is 0 Å². The first-order chi connectivity index (χ1) is 13.3. The summed E-state index contributed by atoms with van der Waals surface area (Å²) in [6.45, 7) is 6.07. The van der Waals surface area contributed by atoms with Crippen molar-refractivity contribution >= 4 is 35.6 Å². The van der Waals surface area contributed by atoms with Crippen LogP contribution in [-0.2, 0) is 11.2 Å². The average Bonchev–Trinajstić information content (AvgIpc) is 2.64. The number of amides is 1. The third-order valence-corrected chi connectivity index (χ3v) is 4.65. The lowest BCUT2D eigenvalue weighted by atomic mass is 10.0. The number of phenols is 1. The van der Waals surface area contributed by atoms with Gasteiger partial charge in [0.2, 0.25) is 5.91 Å². The molecule has 0 fully saturated rings. The Morgan fingerprint density at radius 2 is 1.71 bits per heavy atom. The Bertz CT molecular complexity index is 878. The number of nitrogens with one attached hydrogen (secondary N) is 1. The van der Waals surface area contributed by atoms with E-state index in [0.29, 0.717) is 12.1 Å². The first-order valence-electron chi connectivity index (χ1n) is 9.12. The van der Waals surface area contributed by atoms with Gasteiger partial charge in [-0.1, -0.05) is 48.3 Å². The van der Waals surface area contributed by atoms with Gasteiger partial charge in [-0.05, 0) is 66.0 Å². The quantitative estimate of drug-likeness (QED) is 0.323. The van der Waals surface area contributed by atoms with E-state index in [-0.39, 0.29) is 11.7 Å². The standard InChI is InChI=1S/C23H27NO2P2/c1-16(27)6-15-22(17(2)28)19-9-7-18(8-10-19)4-3-5-23(26)24-20-11-13-21(25)14-12-20/h6-15,25H,2-5,27-28H2,1H3,(H,24,26)/b16-6+,22-15+. The molecule has 0 spiro atoms. The Labute approximate surface area is 172 Å². The summed E-state index contributed by atoms with van der Waals surface area (Å²) in [6, 6.07) is 14.9. The number of allylic oxidation sites excluding steroid dienone is 5. The topological polar surface area (TPSA) is 49.3 Å². The van der Waals surface area contributed by atoms with Crippen LogP contribution in [-0.4, -0.2) is 11.0 Å². The molecule has 0 aliphatic rings. The van der Waals surface area contributed by atoms with E-state index in [1.165, 1.54) is 5.56 Å². The normalized spacial score (nSPS) is 12.0. The van der Waals surface area contributed by atoms with E-state index in [4.69, 9.17) is 0 Å². The maximum atomic E-state index is 12.0. The van der Waals surface area contributed by atoms with Crippen LogP contribution in [0.15, 0.2) is 77.9 Å². The number of aromatic hydroxyl groups is 1. The number of benzene rings is 2. The monoisotopic (exact) mass is 411 g/mol. The Kier molecular flexibility index (Phi) is 8.64. The fourth-order valence-corrected chi connectivity index (χ4v) is 3.03. The molecular formula is C23H27NO2P2. The van der Waals surface area contributed by atoms with Crippen molar-refractivity contribution in [2.45, 2.75) is 26.2 Å². The first-order valence-corrected chi connectivity index (χ1v) is 10.3. The van der Waals surface area contributed by atoms with E-state index in [1.807, 2.05) is 6.92 Å². The van der Waals surface area contributed by atoms with Crippen molar-refractivity contribution in [2.75, 3.05) is 5.32 Å². The second-order valence-corrected chi connectivity index (χ2v) is 8.27. The van der Waals surface area contributed by atoms with Crippen LogP contribution >= 0.6 is 18.5 Å². The van der Waals surface area contributed by atoms with Gasteiger partial charge >= 0.3 is 0 Å². The molecule has 0 radical (unpaired) electrons. The van der Waals surface area contributed by atoms with Crippen molar-refractivity contribution in [3.8, 4) is 5.75 Å². The summed E-state index contributed by atoms with van der Waals surface area (Å²) in [6.07, 6.45) is 6.19. The zero-order chi connectivity index (χ0) is 20.5. The van der Waals surface area contributed by atoms with Crippen LogP contribution in [0.1, 0.15) is 30.9 Å². The molecule has 0 aliphatic carbocycles. The summed E-state index contributed by atoms with van der Waals surface area (Å²) in [5, 5.41) is 14.2. The van der Waals surface area contributed by atoms with Crippen LogP contribution in [0.4, 0.5) is 5.69 Å². The van der Waals surface area contributed by atoms with Crippen molar-refractivity contribution in [1.29, 1.82) is 0 Å². The van der Waals surface area contributed by atoms with E-state index in [1.54, 1.807) is 24.3 Å². The molecule has 0 bridgehead atoms. The van der Waals surface area contributed by atoms with Crippen LogP contribution in [0.2, 0.25) is 0 Å². The lowest BCUT2D eigenvalue weighted by molar-refractivity contribution is -0.116. The predicted molar refractivity (Wildman–Crippen MR) is 126 cm³/mol. The molecule has 2 N–H and O–H groups in total. The highest BCUT2D eigenvalue weighted by molar-refractivity contribution is 7.24. The summed E-state index contributed by atoms with van der Waals surface area (Å²) in [7, 11) is 5.34. The predicted octanol–water partition coefficient (Wildman–Crippen LogP) is 5.90. The van der Waals surface area contributed by atoms with E-state index >= 15 is 0 Å². The van der Waals surface area contributed by atoms with Crippen LogP contribution in [0.25, 0.3) is 5.57 Å². The highest BCUT2D eigenvalue weighted by Crippen LogP contribution is 2.27. The molecule has 1 amide bonds. The number of aryl methyl sites for hydroxylation is 1. The van der Waals surface area contributed by atoms with Crippen molar-refractivity contribution < 1.29 is 9.90 Å². The van der Waals surface area contributed by atoms with E-state index in [2.05, 4.69) is 66.8 Å². The minimum atomic E-state index is -0.0218. The molecule has 28 heavy (non-hydrogen) atoms. The number of hydrogen-bond acceptors (Lipinski definition) is 2. The third kappa shape index (κ3) is 7.43. The molecular weight excluding hydrogens is 384 g/mol. The second kappa shape index (κ2) is 11.0. The minimum absolute atomic E-state index is 0.0218. The number of anilines is 1. The molecule has 0 aliphatic heterocycles. The van der Waals surface area contributed by atoms with E-state index in [0.717, 1.165) is 34.6 Å². The lowest BCUT2D eigenvalue weighted by Crippen LogP contribution is -2.11. The van der Waals surface area contributed by atoms with Gasteiger partial charge in [-0.25, -0.2) is 0 Å². The summed E-state index contributed by atoms with van der Waals surface area (Å²) < 4.78 is 0. The largest absolute Gasteiger partial charge is 0.508 e. The number of carbonyl (C=O) groups excluding carboxylic acids is 1. The maximum Gasteiger partial charge on any atom is 0.224 e. The van der Waals surface area contributed by atoms with Crippen molar-refractivity contribution in [2.24, 2.45) is 0 Å². The molecule has 0 aromatic heterocycles. The Morgan fingerprint density at radius 1 is 1.07 bits per heavy atom. The van der Waals surface area contributed by atoms with Gasteiger partial charge in [0.1, 0.15) is 5.75 Å².